The van der Waals surface area contributed by atoms with E-state index in [0.717, 1.165) is 5.56 Å². The average Bonchev–Trinajstić information content (AvgIpc) is 2.69. The van der Waals surface area contributed by atoms with E-state index in [1.165, 1.54) is 6.20 Å². The number of aromatic nitrogens is 1. The molecular formula is C21H17N5O. The van der Waals surface area contributed by atoms with Gasteiger partial charge in [0.2, 0.25) is 0 Å². The van der Waals surface area contributed by atoms with Crippen molar-refractivity contribution in [3.63, 3.8) is 0 Å². The number of hydrogen-bond donors (Lipinski definition) is 3. The van der Waals surface area contributed by atoms with Crippen LogP contribution >= 0.6 is 0 Å². The summed E-state index contributed by atoms with van der Waals surface area (Å²) in [4.78, 5) is 16.6. The summed E-state index contributed by atoms with van der Waals surface area (Å²) in [6, 6.07) is 17.8. The first kappa shape index (κ1) is 17.8. The lowest BCUT2D eigenvalue weighted by Gasteiger charge is -2.12. The lowest BCUT2D eigenvalue weighted by molar-refractivity contribution is 0.102. The minimum atomic E-state index is -0.390. The Morgan fingerprint density at radius 2 is 1.93 bits per heavy atom. The first-order valence-electron chi connectivity index (χ1n) is 8.21. The Morgan fingerprint density at radius 1 is 1.19 bits per heavy atom. The highest BCUT2D eigenvalue weighted by molar-refractivity contribution is 6.14. The lowest BCUT2D eigenvalue weighted by Crippen LogP contribution is -2.16. The number of nitrogens with zero attached hydrogens (tertiary/aromatic N) is 2. The monoisotopic (exact) mass is 355 g/mol. The van der Waals surface area contributed by atoms with Crippen molar-refractivity contribution in [2.75, 3.05) is 11.1 Å². The average molecular weight is 355 g/mol. The van der Waals surface area contributed by atoms with Crippen LogP contribution in [0.15, 0.2) is 60.8 Å². The van der Waals surface area contributed by atoms with Gasteiger partial charge in [0.05, 0.1) is 11.3 Å². The minimum Gasteiger partial charge on any atom is -0.398 e. The highest BCUT2D eigenvalue weighted by Crippen LogP contribution is 2.22. The van der Waals surface area contributed by atoms with Gasteiger partial charge in [-0.25, -0.2) is 4.98 Å². The van der Waals surface area contributed by atoms with Crippen molar-refractivity contribution in [3.8, 4) is 6.07 Å². The molecule has 1 aromatic heterocycles. The van der Waals surface area contributed by atoms with E-state index in [9.17, 15) is 4.79 Å². The maximum atomic E-state index is 12.5. The molecule has 0 aliphatic rings. The number of pyridine rings is 1. The minimum absolute atomic E-state index is 0.241. The molecule has 132 valence electrons. The molecule has 4 N–H and O–H groups in total. The molecule has 0 saturated carbocycles. The van der Waals surface area contributed by atoms with Gasteiger partial charge in [0, 0.05) is 28.7 Å². The second kappa shape index (κ2) is 7.50. The highest BCUT2D eigenvalue weighted by Gasteiger charge is 2.14. The van der Waals surface area contributed by atoms with Crippen LogP contribution in [0.5, 0.6) is 0 Å². The predicted molar refractivity (Wildman–Crippen MR) is 105 cm³/mol. The van der Waals surface area contributed by atoms with E-state index in [2.05, 4.69) is 10.3 Å². The van der Waals surface area contributed by atoms with Crippen LogP contribution in [0.1, 0.15) is 32.7 Å². The molecule has 0 radical (unpaired) electrons. The van der Waals surface area contributed by atoms with Crippen LogP contribution in [0, 0.1) is 23.7 Å². The van der Waals surface area contributed by atoms with E-state index in [4.69, 9.17) is 16.4 Å². The largest absolute Gasteiger partial charge is 0.398 e. The molecule has 0 spiro atoms. The number of carbonyl (C=O) groups is 1. The van der Waals surface area contributed by atoms with E-state index in [1.807, 2.05) is 36.4 Å². The zero-order valence-electron chi connectivity index (χ0n) is 14.7. The Bertz CT molecular complexity index is 1070. The summed E-state index contributed by atoms with van der Waals surface area (Å²) in [7, 11) is 0. The van der Waals surface area contributed by atoms with Gasteiger partial charge in [0.25, 0.3) is 5.91 Å². The molecule has 6 nitrogen and oxygen atoms in total. The molecule has 3 rings (SSSR count). The van der Waals surface area contributed by atoms with Gasteiger partial charge in [-0.2, -0.15) is 5.26 Å². The summed E-state index contributed by atoms with van der Waals surface area (Å²) in [5.41, 5.74) is 9.78. The summed E-state index contributed by atoms with van der Waals surface area (Å²) < 4.78 is 0. The standard InChI is InChI=1S/C21H17N5O/c1-13-9-14(11-22)12-25-20(13)21(27)26-16-7-8-18(23)17(10-16)19(24)15-5-3-2-4-6-15/h2-10,12,24H,23H2,1H3,(H,26,27). The van der Waals surface area contributed by atoms with Gasteiger partial charge in [0.1, 0.15) is 11.8 Å². The van der Waals surface area contributed by atoms with Gasteiger partial charge in [-0.05, 0) is 36.8 Å². The predicted octanol–water partition coefficient (Wildman–Crippen LogP) is 3.51. The highest BCUT2D eigenvalue weighted by atomic mass is 16.1. The molecule has 0 atom stereocenters. The van der Waals surface area contributed by atoms with E-state index in [0.29, 0.717) is 28.1 Å². The number of nitrogens with one attached hydrogen (secondary N) is 2. The smallest absolute Gasteiger partial charge is 0.274 e. The zero-order chi connectivity index (χ0) is 19.4. The molecule has 0 aliphatic heterocycles. The van der Waals surface area contributed by atoms with Crippen molar-refractivity contribution in [1.82, 2.24) is 4.98 Å². The number of amides is 1. The third-order valence-electron chi connectivity index (χ3n) is 4.07. The van der Waals surface area contributed by atoms with E-state index >= 15 is 0 Å². The van der Waals surface area contributed by atoms with Gasteiger partial charge in [-0.1, -0.05) is 30.3 Å². The molecule has 0 fully saturated rings. The fourth-order valence-electron chi connectivity index (χ4n) is 2.67. The van der Waals surface area contributed by atoms with Crippen LogP contribution in [-0.4, -0.2) is 16.6 Å². The summed E-state index contributed by atoms with van der Waals surface area (Å²) in [6.45, 7) is 1.72. The van der Waals surface area contributed by atoms with Crippen molar-refractivity contribution in [2.45, 2.75) is 6.92 Å². The number of rotatable bonds is 4. The molecule has 3 aromatic rings. The van der Waals surface area contributed by atoms with E-state index < -0.39 is 0 Å². The van der Waals surface area contributed by atoms with Crippen LogP contribution < -0.4 is 11.1 Å². The third kappa shape index (κ3) is 3.83. The molecule has 0 saturated heterocycles. The summed E-state index contributed by atoms with van der Waals surface area (Å²) in [5, 5.41) is 20.1. The zero-order valence-corrected chi connectivity index (χ0v) is 14.7. The first-order chi connectivity index (χ1) is 13.0. The molecule has 1 heterocycles. The van der Waals surface area contributed by atoms with Crippen molar-refractivity contribution in [3.05, 3.63) is 88.7 Å². The fourth-order valence-corrected chi connectivity index (χ4v) is 2.67. The molecule has 1 amide bonds. The van der Waals surface area contributed by atoms with E-state index in [-0.39, 0.29) is 17.3 Å². The molecule has 0 aliphatic carbocycles. The Balaban J connectivity index is 1.87. The van der Waals surface area contributed by atoms with Crippen molar-refractivity contribution in [1.29, 1.82) is 10.7 Å². The second-order valence-corrected chi connectivity index (χ2v) is 6.00. The Hall–Kier alpha value is -3.98. The fraction of sp³-hybridized carbons (Fsp3) is 0.0476. The van der Waals surface area contributed by atoms with Gasteiger partial charge in [-0.3, -0.25) is 10.2 Å². The Labute approximate surface area is 156 Å². The normalized spacial score (nSPS) is 10.1. The number of hydrogen-bond acceptors (Lipinski definition) is 5. The van der Waals surface area contributed by atoms with Crippen LogP contribution in [-0.2, 0) is 0 Å². The molecule has 27 heavy (non-hydrogen) atoms. The van der Waals surface area contributed by atoms with Gasteiger partial charge >= 0.3 is 0 Å². The maximum Gasteiger partial charge on any atom is 0.274 e. The lowest BCUT2D eigenvalue weighted by atomic mass is 10.0. The summed E-state index contributed by atoms with van der Waals surface area (Å²) >= 11 is 0. The number of anilines is 2. The number of benzene rings is 2. The molecule has 0 bridgehead atoms. The Morgan fingerprint density at radius 3 is 2.59 bits per heavy atom. The van der Waals surface area contributed by atoms with Crippen LogP contribution in [0.4, 0.5) is 11.4 Å². The Kier molecular flexibility index (Phi) is 4.95. The molecular weight excluding hydrogens is 338 g/mol. The first-order valence-corrected chi connectivity index (χ1v) is 8.21. The molecule has 2 aromatic carbocycles. The van der Waals surface area contributed by atoms with Crippen LogP contribution in [0.25, 0.3) is 0 Å². The topological polar surface area (TPSA) is 116 Å². The second-order valence-electron chi connectivity index (χ2n) is 6.00. The van der Waals surface area contributed by atoms with Crippen molar-refractivity contribution in [2.24, 2.45) is 0 Å². The number of nitrogens with two attached hydrogens (primary N) is 1. The van der Waals surface area contributed by atoms with Crippen molar-refractivity contribution >= 4 is 23.0 Å². The quantitative estimate of drug-likeness (QED) is 0.490. The molecule has 6 heteroatoms. The maximum absolute atomic E-state index is 12.5. The van der Waals surface area contributed by atoms with Crippen LogP contribution in [0.3, 0.4) is 0 Å². The number of aryl methyl sites for hydroxylation is 1. The van der Waals surface area contributed by atoms with Gasteiger partial charge < -0.3 is 11.1 Å². The third-order valence-corrected chi connectivity index (χ3v) is 4.07. The van der Waals surface area contributed by atoms with Crippen molar-refractivity contribution < 1.29 is 4.79 Å². The van der Waals surface area contributed by atoms with Crippen LogP contribution in [0.2, 0.25) is 0 Å². The number of nitriles is 1. The molecule has 0 unspecified atom stereocenters. The summed E-state index contributed by atoms with van der Waals surface area (Å²) in [6.07, 6.45) is 1.36. The van der Waals surface area contributed by atoms with Gasteiger partial charge in [-0.15, -0.1) is 0 Å². The summed E-state index contributed by atoms with van der Waals surface area (Å²) in [5.74, 6) is -0.390. The van der Waals surface area contributed by atoms with Gasteiger partial charge in [0.15, 0.2) is 0 Å². The number of nitrogen functional groups attached to an aromatic ring is 1. The number of carbonyl (C=O) groups excluding carboxylic acids is 1. The van der Waals surface area contributed by atoms with E-state index in [1.54, 1.807) is 31.2 Å². The SMILES string of the molecule is Cc1cc(C#N)cnc1C(=O)Nc1ccc(N)c(C(=N)c2ccccc2)c1.